The first-order valence-corrected chi connectivity index (χ1v) is 7.97. The number of aryl methyl sites for hydroxylation is 1. The van der Waals surface area contributed by atoms with Crippen LogP contribution in [0.3, 0.4) is 0 Å². The summed E-state index contributed by atoms with van der Waals surface area (Å²) in [5.41, 5.74) is 4.22. The molecule has 114 valence electrons. The van der Waals surface area contributed by atoms with Crippen LogP contribution >= 0.6 is 0 Å². The van der Waals surface area contributed by atoms with Crippen LogP contribution in [0.2, 0.25) is 0 Å². The summed E-state index contributed by atoms with van der Waals surface area (Å²) in [5.74, 6) is 1.15. The Morgan fingerprint density at radius 3 is 2.86 bits per heavy atom. The van der Waals surface area contributed by atoms with E-state index in [0.717, 1.165) is 37.2 Å². The highest BCUT2D eigenvalue weighted by Gasteiger charge is 2.35. The van der Waals surface area contributed by atoms with Gasteiger partial charge < -0.3 is 4.90 Å². The third-order valence-corrected chi connectivity index (χ3v) is 4.94. The topological polar surface area (TPSA) is 61.9 Å². The van der Waals surface area contributed by atoms with E-state index in [4.69, 9.17) is 0 Å². The highest BCUT2D eigenvalue weighted by Crippen LogP contribution is 2.31. The van der Waals surface area contributed by atoms with Gasteiger partial charge in [0.1, 0.15) is 0 Å². The molecule has 0 saturated carbocycles. The summed E-state index contributed by atoms with van der Waals surface area (Å²) in [5, 5.41) is 7.37. The number of H-pyrrole nitrogens is 1. The van der Waals surface area contributed by atoms with Crippen LogP contribution in [0, 0.1) is 5.92 Å². The second-order valence-electron chi connectivity index (χ2n) is 6.56. The Hall–Kier alpha value is -2.17. The fraction of sp³-hybridized carbons (Fsp3) is 0.471. The molecule has 0 unspecified atom stereocenters. The second-order valence-corrected chi connectivity index (χ2v) is 6.56. The van der Waals surface area contributed by atoms with Crippen LogP contribution in [0.5, 0.6) is 0 Å². The van der Waals surface area contributed by atoms with Crippen molar-refractivity contribution >= 4 is 5.91 Å². The van der Waals surface area contributed by atoms with Gasteiger partial charge in [0, 0.05) is 42.7 Å². The fourth-order valence-corrected chi connectivity index (χ4v) is 3.49. The SMILES string of the molecule is C[C@@H]1CCc2[nH]nc(C(=O)N3CC(c4ccncc4)C3)c2C1. The molecule has 1 amide bonds. The van der Waals surface area contributed by atoms with Crippen molar-refractivity contribution in [2.45, 2.75) is 32.1 Å². The van der Waals surface area contributed by atoms with Crippen molar-refractivity contribution in [3.05, 3.63) is 47.0 Å². The van der Waals surface area contributed by atoms with Crippen LogP contribution < -0.4 is 0 Å². The minimum absolute atomic E-state index is 0.0805. The third kappa shape index (κ3) is 2.21. The zero-order valence-corrected chi connectivity index (χ0v) is 12.7. The number of fused-ring (bicyclic) bond motifs is 1. The molecule has 5 nitrogen and oxygen atoms in total. The third-order valence-electron chi connectivity index (χ3n) is 4.94. The van der Waals surface area contributed by atoms with Gasteiger partial charge in [-0.25, -0.2) is 0 Å². The molecule has 2 aliphatic rings. The normalized spacial score (nSPS) is 21.3. The van der Waals surface area contributed by atoms with Gasteiger partial charge >= 0.3 is 0 Å². The van der Waals surface area contributed by atoms with Crippen molar-refractivity contribution in [1.29, 1.82) is 0 Å². The molecular formula is C17H20N4O. The lowest BCUT2D eigenvalue weighted by molar-refractivity contribution is 0.0594. The Morgan fingerprint density at radius 2 is 2.09 bits per heavy atom. The lowest BCUT2D eigenvalue weighted by Crippen LogP contribution is -2.48. The van der Waals surface area contributed by atoms with E-state index in [1.54, 1.807) is 0 Å². The number of hydrogen-bond acceptors (Lipinski definition) is 3. The lowest BCUT2D eigenvalue weighted by Gasteiger charge is -2.39. The summed E-state index contributed by atoms with van der Waals surface area (Å²) >= 11 is 0. The summed E-state index contributed by atoms with van der Waals surface area (Å²) in [6.07, 6.45) is 6.78. The van der Waals surface area contributed by atoms with Gasteiger partial charge in [-0.15, -0.1) is 0 Å². The number of aromatic amines is 1. The first kappa shape index (κ1) is 13.5. The highest BCUT2D eigenvalue weighted by atomic mass is 16.2. The molecule has 1 fully saturated rings. The van der Waals surface area contributed by atoms with E-state index in [1.807, 2.05) is 29.4 Å². The summed E-state index contributed by atoms with van der Waals surface area (Å²) in [6.45, 7) is 3.80. The number of nitrogens with one attached hydrogen (secondary N) is 1. The van der Waals surface area contributed by atoms with E-state index < -0.39 is 0 Å². The van der Waals surface area contributed by atoms with Crippen LogP contribution in [0.25, 0.3) is 0 Å². The predicted molar refractivity (Wildman–Crippen MR) is 82.7 cm³/mol. The first-order chi connectivity index (χ1) is 10.7. The molecule has 0 radical (unpaired) electrons. The number of aromatic nitrogens is 3. The maximum absolute atomic E-state index is 12.7. The molecule has 5 heteroatoms. The van der Waals surface area contributed by atoms with E-state index in [9.17, 15) is 4.79 Å². The van der Waals surface area contributed by atoms with Crippen LogP contribution in [-0.4, -0.2) is 39.1 Å². The summed E-state index contributed by atoms with van der Waals surface area (Å²) < 4.78 is 0. The second kappa shape index (κ2) is 5.23. The maximum Gasteiger partial charge on any atom is 0.274 e. The summed E-state index contributed by atoms with van der Waals surface area (Å²) in [7, 11) is 0. The van der Waals surface area contributed by atoms with Crippen molar-refractivity contribution in [2.75, 3.05) is 13.1 Å². The van der Waals surface area contributed by atoms with Gasteiger partial charge in [0.05, 0.1) is 0 Å². The summed E-state index contributed by atoms with van der Waals surface area (Å²) in [4.78, 5) is 18.6. The largest absolute Gasteiger partial charge is 0.336 e. The van der Waals surface area contributed by atoms with Crippen LogP contribution in [0.1, 0.15) is 46.6 Å². The molecule has 1 saturated heterocycles. The van der Waals surface area contributed by atoms with Crippen molar-refractivity contribution in [3.8, 4) is 0 Å². The van der Waals surface area contributed by atoms with Crippen molar-refractivity contribution in [1.82, 2.24) is 20.1 Å². The zero-order chi connectivity index (χ0) is 15.1. The predicted octanol–water partition coefficient (Wildman–Crippen LogP) is 2.17. The lowest BCUT2D eigenvalue weighted by atomic mass is 9.87. The van der Waals surface area contributed by atoms with Gasteiger partial charge in [0.25, 0.3) is 5.91 Å². The van der Waals surface area contributed by atoms with E-state index in [0.29, 0.717) is 17.5 Å². The van der Waals surface area contributed by atoms with Gasteiger partial charge in [-0.2, -0.15) is 5.10 Å². The number of pyridine rings is 1. The van der Waals surface area contributed by atoms with Crippen LogP contribution in [-0.2, 0) is 12.8 Å². The van der Waals surface area contributed by atoms with Gasteiger partial charge in [0.15, 0.2) is 5.69 Å². The molecule has 4 rings (SSSR count). The minimum Gasteiger partial charge on any atom is -0.336 e. The Bertz CT molecular complexity index is 688. The van der Waals surface area contributed by atoms with E-state index in [2.05, 4.69) is 22.1 Å². The quantitative estimate of drug-likeness (QED) is 0.924. The number of hydrogen-bond donors (Lipinski definition) is 1. The van der Waals surface area contributed by atoms with Crippen molar-refractivity contribution in [2.24, 2.45) is 5.92 Å². The van der Waals surface area contributed by atoms with Crippen LogP contribution in [0.4, 0.5) is 0 Å². The number of nitrogens with zero attached hydrogens (tertiary/aromatic N) is 3. The average Bonchev–Trinajstić information content (AvgIpc) is 2.89. The molecular weight excluding hydrogens is 276 g/mol. The number of amides is 1. The summed E-state index contributed by atoms with van der Waals surface area (Å²) in [6, 6.07) is 4.06. The molecule has 0 bridgehead atoms. The Morgan fingerprint density at radius 1 is 1.32 bits per heavy atom. The highest BCUT2D eigenvalue weighted by molar-refractivity contribution is 5.94. The molecule has 1 aliphatic carbocycles. The maximum atomic E-state index is 12.7. The van der Waals surface area contributed by atoms with E-state index >= 15 is 0 Å². The number of carbonyl (C=O) groups excluding carboxylic acids is 1. The molecule has 1 atom stereocenters. The smallest absolute Gasteiger partial charge is 0.274 e. The molecule has 1 N–H and O–H groups in total. The molecule has 2 aromatic rings. The number of rotatable bonds is 2. The first-order valence-electron chi connectivity index (χ1n) is 7.97. The molecule has 1 aliphatic heterocycles. The van der Waals surface area contributed by atoms with Gasteiger partial charge in [0.2, 0.25) is 0 Å². The van der Waals surface area contributed by atoms with Crippen molar-refractivity contribution in [3.63, 3.8) is 0 Å². The molecule has 0 aromatic carbocycles. The fourth-order valence-electron chi connectivity index (χ4n) is 3.49. The molecule has 2 aromatic heterocycles. The Kier molecular flexibility index (Phi) is 3.21. The number of likely N-dealkylation sites (tertiary alicyclic amines) is 1. The molecule has 22 heavy (non-hydrogen) atoms. The Balaban J connectivity index is 1.47. The van der Waals surface area contributed by atoms with Gasteiger partial charge in [-0.1, -0.05) is 6.92 Å². The van der Waals surface area contributed by atoms with Crippen molar-refractivity contribution < 1.29 is 4.79 Å². The van der Waals surface area contributed by atoms with Crippen LogP contribution in [0.15, 0.2) is 24.5 Å². The standard InChI is InChI=1S/C17H20N4O/c1-11-2-3-15-14(8-11)16(20-19-15)17(22)21-9-13(10-21)12-4-6-18-7-5-12/h4-7,11,13H,2-3,8-10H2,1H3,(H,19,20)/t11-/m1/s1. The average molecular weight is 296 g/mol. The van der Waals surface area contributed by atoms with Gasteiger partial charge in [-0.3, -0.25) is 14.9 Å². The molecule has 3 heterocycles. The molecule has 0 spiro atoms. The van der Waals surface area contributed by atoms with E-state index in [1.165, 1.54) is 12.0 Å². The van der Waals surface area contributed by atoms with Gasteiger partial charge in [-0.05, 0) is 42.9 Å². The Labute approximate surface area is 129 Å². The van der Waals surface area contributed by atoms with E-state index in [-0.39, 0.29) is 5.91 Å². The number of carbonyl (C=O) groups is 1. The zero-order valence-electron chi connectivity index (χ0n) is 12.7. The minimum atomic E-state index is 0.0805. The monoisotopic (exact) mass is 296 g/mol.